The molecule has 19 heavy (non-hydrogen) atoms. The van der Waals surface area contributed by atoms with Gasteiger partial charge in [-0.3, -0.25) is 4.90 Å². The Morgan fingerprint density at radius 3 is 2.32 bits per heavy atom. The lowest BCUT2D eigenvalue weighted by Gasteiger charge is -2.37. The van der Waals surface area contributed by atoms with Crippen LogP contribution < -0.4 is 5.32 Å². The van der Waals surface area contributed by atoms with Crippen LogP contribution in [0.4, 0.5) is 13.2 Å². The van der Waals surface area contributed by atoms with Gasteiger partial charge in [0.05, 0.1) is 13.2 Å². The summed E-state index contributed by atoms with van der Waals surface area (Å²) >= 11 is 0. The summed E-state index contributed by atoms with van der Waals surface area (Å²) in [4.78, 5) is 1.38. The van der Waals surface area contributed by atoms with Crippen LogP contribution in [0.25, 0.3) is 0 Å². The number of halogens is 3. The Bertz CT molecular complexity index is 241. The summed E-state index contributed by atoms with van der Waals surface area (Å²) in [6.45, 7) is 2.05. The van der Waals surface area contributed by atoms with Crippen molar-refractivity contribution in [3.05, 3.63) is 0 Å². The van der Waals surface area contributed by atoms with E-state index in [0.717, 1.165) is 38.6 Å². The van der Waals surface area contributed by atoms with Crippen LogP contribution in [0.15, 0.2) is 0 Å². The van der Waals surface area contributed by atoms with Gasteiger partial charge in [0.25, 0.3) is 0 Å². The quantitative estimate of drug-likeness (QED) is 0.751. The van der Waals surface area contributed by atoms with Crippen molar-refractivity contribution in [2.45, 2.75) is 57.3 Å². The minimum absolute atomic E-state index is 0.0477. The summed E-state index contributed by atoms with van der Waals surface area (Å²) in [6.07, 6.45) is 0.279. The van der Waals surface area contributed by atoms with Gasteiger partial charge in [-0.2, -0.15) is 13.2 Å². The van der Waals surface area contributed by atoms with E-state index in [1.54, 1.807) is 0 Å². The van der Waals surface area contributed by atoms with Gasteiger partial charge in [0.1, 0.15) is 0 Å². The molecular formula is C13H25F3N2O. The van der Waals surface area contributed by atoms with E-state index >= 15 is 0 Å². The van der Waals surface area contributed by atoms with Gasteiger partial charge in [-0.05, 0) is 38.6 Å². The first-order valence-electron chi connectivity index (χ1n) is 7.11. The third-order valence-corrected chi connectivity index (χ3v) is 3.67. The molecule has 1 aliphatic carbocycles. The molecule has 3 nitrogen and oxygen atoms in total. The van der Waals surface area contributed by atoms with Crippen molar-refractivity contribution in [3.8, 4) is 0 Å². The highest BCUT2D eigenvalue weighted by atomic mass is 19.4. The molecule has 0 unspecified atom stereocenters. The van der Waals surface area contributed by atoms with Gasteiger partial charge in [0.2, 0.25) is 0 Å². The first kappa shape index (κ1) is 16.7. The zero-order chi connectivity index (χ0) is 14.3. The van der Waals surface area contributed by atoms with E-state index in [1.165, 1.54) is 4.90 Å². The van der Waals surface area contributed by atoms with Crippen LogP contribution in [0.1, 0.15) is 39.0 Å². The Kier molecular flexibility index (Phi) is 7.10. The van der Waals surface area contributed by atoms with Gasteiger partial charge in [0, 0.05) is 18.6 Å². The van der Waals surface area contributed by atoms with Crippen molar-refractivity contribution in [3.63, 3.8) is 0 Å². The lowest BCUT2D eigenvalue weighted by molar-refractivity contribution is -0.153. The van der Waals surface area contributed by atoms with E-state index in [2.05, 4.69) is 12.2 Å². The molecule has 0 aromatic heterocycles. The monoisotopic (exact) mass is 282 g/mol. The maximum absolute atomic E-state index is 12.5. The van der Waals surface area contributed by atoms with E-state index in [0.29, 0.717) is 6.04 Å². The molecule has 1 aliphatic rings. The van der Waals surface area contributed by atoms with Gasteiger partial charge in [-0.25, -0.2) is 0 Å². The highest BCUT2D eigenvalue weighted by molar-refractivity contribution is 4.83. The van der Waals surface area contributed by atoms with E-state index in [4.69, 9.17) is 5.11 Å². The van der Waals surface area contributed by atoms with E-state index in [-0.39, 0.29) is 19.2 Å². The molecule has 0 aromatic rings. The Morgan fingerprint density at radius 2 is 1.84 bits per heavy atom. The third-order valence-electron chi connectivity index (χ3n) is 3.67. The summed E-state index contributed by atoms with van der Waals surface area (Å²) in [5.74, 6) is 0. The summed E-state index contributed by atoms with van der Waals surface area (Å²) in [7, 11) is 0. The van der Waals surface area contributed by atoms with Crippen LogP contribution in [-0.2, 0) is 0 Å². The SMILES string of the molecule is CCCNC1CCC(N(CCO)CC(F)(F)F)CC1. The molecule has 1 rings (SSSR count). The largest absolute Gasteiger partial charge is 0.401 e. The van der Waals surface area contributed by atoms with Crippen molar-refractivity contribution in [2.75, 3.05) is 26.2 Å². The van der Waals surface area contributed by atoms with Crippen molar-refractivity contribution >= 4 is 0 Å². The minimum atomic E-state index is -4.19. The van der Waals surface area contributed by atoms with E-state index < -0.39 is 12.7 Å². The fraction of sp³-hybridized carbons (Fsp3) is 1.00. The number of hydrogen-bond acceptors (Lipinski definition) is 3. The molecule has 114 valence electrons. The van der Waals surface area contributed by atoms with Gasteiger partial charge < -0.3 is 10.4 Å². The predicted octanol–water partition coefficient (Wildman–Crippen LogP) is 2.15. The fourth-order valence-corrected chi connectivity index (χ4v) is 2.74. The molecule has 0 saturated heterocycles. The maximum Gasteiger partial charge on any atom is 0.401 e. The molecule has 0 bridgehead atoms. The van der Waals surface area contributed by atoms with Gasteiger partial charge >= 0.3 is 6.18 Å². The lowest BCUT2D eigenvalue weighted by atomic mass is 9.90. The molecule has 0 aliphatic heterocycles. The summed E-state index contributed by atoms with van der Waals surface area (Å²) < 4.78 is 37.5. The highest BCUT2D eigenvalue weighted by Crippen LogP contribution is 2.26. The second-order valence-corrected chi connectivity index (χ2v) is 5.27. The number of aliphatic hydroxyl groups is 1. The van der Waals surface area contributed by atoms with Crippen LogP contribution in [0, 0.1) is 0 Å². The lowest BCUT2D eigenvalue weighted by Crippen LogP contribution is -2.47. The van der Waals surface area contributed by atoms with Crippen LogP contribution in [0.5, 0.6) is 0 Å². The van der Waals surface area contributed by atoms with Crippen LogP contribution in [0.3, 0.4) is 0 Å². The standard InChI is InChI=1S/C13H25F3N2O/c1-2-7-17-11-3-5-12(6-4-11)18(8-9-19)10-13(14,15)16/h11-12,17,19H,2-10H2,1H3. The normalized spacial score (nSPS) is 24.9. The average Bonchev–Trinajstić information content (AvgIpc) is 2.35. The van der Waals surface area contributed by atoms with Gasteiger partial charge in [-0.15, -0.1) is 0 Å². The molecule has 0 radical (unpaired) electrons. The topological polar surface area (TPSA) is 35.5 Å². The Balaban J connectivity index is 2.41. The predicted molar refractivity (Wildman–Crippen MR) is 69.1 cm³/mol. The molecule has 0 atom stereocenters. The number of nitrogens with one attached hydrogen (secondary N) is 1. The zero-order valence-corrected chi connectivity index (χ0v) is 11.5. The molecule has 6 heteroatoms. The van der Waals surface area contributed by atoms with Gasteiger partial charge in [-0.1, -0.05) is 6.92 Å². The average molecular weight is 282 g/mol. The maximum atomic E-state index is 12.5. The second-order valence-electron chi connectivity index (χ2n) is 5.27. The second kappa shape index (κ2) is 8.07. The molecule has 2 N–H and O–H groups in total. The number of aliphatic hydroxyl groups excluding tert-OH is 1. The molecule has 0 spiro atoms. The third kappa shape index (κ3) is 6.58. The highest BCUT2D eigenvalue weighted by Gasteiger charge is 2.34. The summed E-state index contributed by atoms with van der Waals surface area (Å²) in [6, 6.07) is 0.395. The summed E-state index contributed by atoms with van der Waals surface area (Å²) in [5.41, 5.74) is 0. The number of hydrogen-bond donors (Lipinski definition) is 2. The van der Waals surface area contributed by atoms with Crippen molar-refractivity contribution in [1.29, 1.82) is 0 Å². The molecule has 0 heterocycles. The molecule has 0 aromatic carbocycles. The summed E-state index contributed by atoms with van der Waals surface area (Å²) in [5, 5.41) is 12.3. The van der Waals surface area contributed by atoms with Crippen molar-refractivity contribution in [2.24, 2.45) is 0 Å². The van der Waals surface area contributed by atoms with E-state index in [1.807, 2.05) is 0 Å². The fourth-order valence-electron chi connectivity index (χ4n) is 2.74. The van der Waals surface area contributed by atoms with E-state index in [9.17, 15) is 13.2 Å². The van der Waals surface area contributed by atoms with Crippen LogP contribution in [0.2, 0.25) is 0 Å². The molecule has 1 saturated carbocycles. The molecule has 0 amide bonds. The van der Waals surface area contributed by atoms with Gasteiger partial charge in [0.15, 0.2) is 0 Å². The number of nitrogens with zero attached hydrogens (tertiary/aromatic N) is 1. The van der Waals surface area contributed by atoms with Crippen molar-refractivity contribution in [1.82, 2.24) is 10.2 Å². The Morgan fingerprint density at radius 1 is 1.21 bits per heavy atom. The molecule has 1 fully saturated rings. The van der Waals surface area contributed by atoms with Crippen LogP contribution in [-0.4, -0.2) is 54.5 Å². The van der Waals surface area contributed by atoms with Crippen molar-refractivity contribution < 1.29 is 18.3 Å². The Hall–Kier alpha value is -0.330. The number of rotatable bonds is 7. The Labute approximate surface area is 113 Å². The first-order valence-corrected chi connectivity index (χ1v) is 7.11. The smallest absolute Gasteiger partial charge is 0.395 e. The molecular weight excluding hydrogens is 257 g/mol. The van der Waals surface area contributed by atoms with Crippen LogP contribution >= 0.6 is 0 Å². The first-order chi connectivity index (χ1) is 8.96. The number of alkyl halides is 3. The zero-order valence-electron chi connectivity index (χ0n) is 11.5. The minimum Gasteiger partial charge on any atom is -0.395 e.